The van der Waals surface area contributed by atoms with E-state index in [-0.39, 0.29) is 27.8 Å². The van der Waals surface area contributed by atoms with Gasteiger partial charge >= 0.3 is 0 Å². The van der Waals surface area contributed by atoms with Crippen LogP contribution >= 0.6 is 0 Å². The first-order valence-corrected chi connectivity index (χ1v) is 11.9. The molecule has 0 aliphatic carbocycles. The van der Waals surface area contributed by atoms with E-state index in [4.69, 9.17) is 9.47 Å². The van der Waals surface area contributed by atoms with Crippen molar-refractivity contribution in [1.29, 1.82) is 0 Å². The van der Waals surface area contributed by atoms with Crippen LogP contribution < -0.4 is 18.9 Å². The highest BCUT2D eigenvalue weighted by Crippen LogP contribution is 2.32. The molecule has 3 aromatic rings. The minimum atomic E-state index is -4.53. The first-order valence-electron chi connectivity index (χ1n) is 8.89. The second-order valence-corrected chi connectivity index (χ2v) is 9.68. The number of anilines is 2. The van der Waals surface area contributed by atoms with Crippen LogP contribution in [0.15, 0.2) is 70.5 Å². The Morgan fingerprint density at radius 2 is 1.34 bits per heavy atom. The Morgan fingerprint density at radius 3 is 2.00 bits per heavy atom. The van der Waals surface area contributed by atoms with Gasteiger partial charge in [-0.15, -0.1) is 0 Å². The second kappa shape index (κ2) is 9.01. The number of halogens is 2. The molecule has 0 aromatic heterocycles. The number of rotatable bonds is 8. The van der Waals surface area contributed by atoms with Crippen molar-refractivity contribution < 1.29 is 35.1 Å². The average Bonchev–Trinajstić information content (AvgIpc) is 2.73. The summed E-state index contributed by atoms with van der Waals surface area (Å²) in [6, 6.07) is 11.7. The van der Waals surface area contributed by atoms with Crippen molar-refractivity contribution in [2.24, 2.45) is 0 Å². The van der Waals surface area contributed by atoms with E-state index in [9.17, 15) is 25.6 Å². The number of nitrogens with one attached hydrogen (secondary N) is 2. The van der Waals surface area contributed by atoms with E-state index in [0.29, 0.717) is 6.07 Å². The summed E-state index contributed by atoms with van der Waals surface area (Å²) in [6.07, 6.45) is 0. The first kappa shape index (κ1) is 23.3. The van der Waals surface area contributed by atoms with Gasteiger partial charge in [0.2, 0.25) is 0 Å². The molecule has 0 spiro atoms. The van der Waals surface area contributed by atoms with Gasteiger partial charge in [-0.3, -0.25) is 9.44 Å². The van der Waals surface area contributed by atoms with Crippen molar-refractivity contribution in [2.45, 2.75) is 9.79 Å². The number of ether oxygens (including phenoxy) is 2. The maximum absolute atomic E-state index is 14.0. The molecule has 0 radical (unpaired) electrons. The number of hydrogen-bond acceptors (Lipinski definition) is 6. The highest BCUT2D eigenvalue weighted by molar-refractivity contribution is 7.93. The van der Waals surface area contributed by atoms with Gasteiger partial charge in [0, 0.05) is 6.07 Å². The number of hydrogen-bond donors (Lipinski definition) is 2. The number of methoxy groups -OCH3 is 2. The third-order valence-electron chi connectivity index (χ3n) is 4.26. The van der Waals surface area contributed by atoms with Crippen LogP contribution in [0.2, 0.25) is 0 Å². The van der Waals surface area contributed by atoms with Crippen LogP contribution in [0.1, 0.15) is 0 Å². The molecule has 0 saturated heterocycles. The largest absolute Gasteiger partial charge is 0.495 e. The lowest BCUT2D eigenvalue weighted by Crippen LogP contribution is -2.17. The van der Waals surface area contributed by atoms with Crippen molar-refractivity contribution in [1.82, 2.24) is 0 Å². The zero-order chi connectivity index (χ0) is 23.5. The Kier molecular flexibility index (Phi) is 6.55. The molecule has 0 atom stereocenters. The van der Waals surface area contributed by atoms with Gasteiger partial charge in [-0.2, -0.15) is 0 Å². The van der Waals surface area contributed by atoms with E-state index < -0.39 is 36.6 Å². The molecule has 3 aromatic carbocycles. The molecule has 2 N–H and O–H groups in total. The van der Waals surface area contributed by atoms with E-state index in [1.165, 1.54) is 32.4 Å². The molecule has 12 heteroatoms. The minimum absolute atomic E-state index is 0.0210. The summed E-state index contributed by atoms with van der Waals surface area (Å²) in [4.78, 5) is -1.12. The van der Waals surface area contributed by atoms with Crippen LogP contribution in [0.5, 0.6) is 11.5 Å². The molecule has 0 heterocycles. The lowest BCUT2D eigenvalue weighted by Gasteiger charge is -2.15. The predicted octanol–water partition coefficient (Wildman–Crippen LogP) is 3.58. The third kappa shape index (κ3) is 4.92. The normalized spacial score (nSPS) is 11.6. The van der Waals surface area contributed by atoms with Crippen molar-refractivity contribution in [3.63, 3.8) is 0 Å². The molecule has 8 nitrogen and oxygen atoms in total. The fourth-order valence-electron chi connectivity index (χ4n) is 2.76. The quantitative estimate of drug-likeness (QED) is 0.506. The van der Waals surface area contributed by atoms with Crippen LogP contribution in [-0.4, -0.2) is 31.1 Å². The summed E-state index contributed by atoms with van der Waals surface area (Å²) in [6.45, 7) is 0. The fraction of sp³-hybridized carbons (Fsp3) is 0.100. The molecule has 0 aliphatic heterocycles. The van der Waals surface area contributed by atoms with E-state index in [1.807, 2.05) is 0 Å². The van der Waals surface area contributed by atoms with Gasteiger partial charge in [0.1, 0.15) is 28.0 Å². The van der Waals surface area contributed by atoms with Crippen molar-refractivity contribution in [3.8, 4) is 11.5 Å². The van der Waals surface area contributed by atoms with E-state index in [1.54, 1.807) is 18.2 Å². The maximum Gasteiger partial charge on any atom is 0.264 e. The van der Waals surface area contributed by atoms with Crippen LogP contribution in [0.25, 0.3) is 0 Å². The standard InChI is InChI=1S/C20H18F2N2O6S2/c1-29-18-6-4-3-5-16(18)23-31(25,26)14-8-9-19(30-2)17(12-14)24-32(27,28)20-10-7-13(21)11-15(20)22/h3-12,23-24H,1-2H3. The fourth-order valence-corrected chi connectivity index (χ4v) is 4.98. The Labute approximate surface area is 183 Å². The highest BCUT2D eigenvalue weighted by atomic mass is 32.2. The Morgan fingerprint density at radius 1 is 0.719 bits per heavy atom. The van der Waals surface area contributed by atoms with Gasteiger partial charge in [0.15, 0.2) is 0 Å². The smallest absolute Gasteiger partial charge is 0.264 e. The molecule has 0 saturated carbocycles. The highest BCUT2D eigenvalue weighted by Gasteiger charge is 2.24. The molecule has 0 amide bonds. The molecule has 0 fully saturated rings. The number of para-hydroxylation sites is 2. The van der Waals surface area contributed by atoms with Gasteiger partial charge in [-0.25, -0.2) is 25.6 Å². The molecule has 3 rings (SSSR count). The topological polar surface area (TPSA) is 111 Å². The zero-order valence-electron chi connectivity index (χ0n) is 16.8. The minimum Gasteiger partial charge on any atom is -0.495 e. The van der Waals surface area contributed by atoms with Crippen LogP contribution in [0.3, 0.4) is 0 Å². The number of benzene rings is 3. The lowest BCUT2D eigenvalue weighted by molar-refractivity contribution is 0.416. The van der Waals surface area contributed by atoms with E-state index in [2.05, 4.69) is 9.44 Å². The van der Waals surface area contributed by atoms with Crippen molar-refractivity contribution in [2.75, 3.05) is 23.7 Å². The third-order valence-corrected chi connectivity index (χ3v) is 7.02. The summed E-state index contributed by atoms with van der Waals surface area (Å²) in [5.74, 6) is -2.00. The molecule has 170 valence electrons. The monoisotopic (exact) mass is 484 g/mol. The van der Waals surface area contributed by atoms with Gasteiger partial charge in [-0.1, -0.05) is 12.1 Å². The van der Waals surface area contributed by atoms with Crippen LogP contribution in [0.4, 0.5) is 20.2 Å². The summed E-state index contributed by atoms with van der Waals surface area (Å²) >= 11 is 0. The van der Waals surface area contributed by atoms with Crippen molar-refractivity contribution in [3.05, 3.63) is 72.3 Å². The maximum atomic E-state index is 14.0. The summed E-state index contributed by atoms with van der Waals surface area (Å²) in [5, 5.41) is 0. The van der Waals surface area contributed by atoms with E-state index in [0.717, 1.165) is 18.2 Å². The van der Waals surface area contributed by atoms with Crippen LogP contribution in [0, 0.1) is 11.6 Å². The molecule has 0 aliphatic rings. The summed E-state index contributed by atoms with van der Waals surface area (Å²) in [7, 11) is -6.08. The Bertz CT molecular complexity index is 1360. The molecule has 0 unspecified atom stereocenters. The SMILES string of the molecule is COc1ccccc1NS(=O)(=O)c1ccc(OC)c(NS(=O)(=O)c2ccc(F)cc2F)c1. The van der Waals surface area contributed by atoms with Crippen LogP contribution in [-0.2, 0) is 20.0 Å². The molecular weight excluding hydrogens is 466 g/mol. The molecule has 32 heavy (non-hydrogen) atoms. The first-order chi connectivity index (χ1) is 15.1. The van der Waals surface area contributed by atoms with Gasteiger partial charge in [0.05, 0.1) is 30.5 Å². The summed E-state index contributed by atoms with van der Waals surface area (Å²) < 4.78 is 92.8. The molecular formula is C20H18F2N2O6S2. The molecule has 0 bridgehead atoms. The Hall–Kier alpha value is -3.38. The second-order valence-electron chi connectivity index (χ2n) is 6.35. The average molecular weight is 485 g/mol. The Balaban J connectivity index is 2.00. The van der Waals surface area contributed by atoms with Gasteiger partial charge < -0.3 is 9.47 Å². The predicted molar refractivity (Wildman–Crippen MR) is 114 cm³/mol. The van der Waals surface area contributed by atoms with Gasteiger partial charge in [0.25, 0.3) is 20.0 Å². The van der Waals surface area contributed by atoms with E-state index >= 15 is 0 Å². The summed E-state index contributed by atoms with van der Waals surface area (Å²) in [5.41, 5.74) is -0.0968. The van der Waals surface area contributed by atoms with Crippen molar-refractivity contribution >= 4 is 31.4 Å². The van der Waals surface area contributed by atoms with Gasteiger partial charge in [-0.05, 0) is 42.5 Å². The number of sulfonamides is 2. The zero-order valence-corrected chi connectivity index (χ0v) is 18.4. The lowest BCUT2D eigenvalue weighted by atomic mass is 10.3.